The lowest BCUT2D eigenvalue weighted by molar-refractivity contribution is 0.0954. The minimum atomic E-state index is 0.281. The Hall–Kier alpha value is -1.61. The zero-order valence-electron chi connectivity index (χ0n) is 11.3. The van der Waals surface area contributed by atoms with Gasteiger partial charge in [-0.1, -0.05) is 11.6 Å². The van der Waals surface area contributed by atoms with Gasteiger partial charge in [0.15, 0.2) is 5.78 Å². The number of ketones is 1. The molecule has 19 heavy (non-hydrogen) atoms. The molecule has 3 heteroatoms. The van der Waals surface area contributed by atoms with Crippen LogP contribution in [0.2, 0.25) is 0 Å². The summed E-state index contributed by atoms with van der Waals surface area (Å²) < 4.78 is 0. The quantitative estimate of drug-likeness (QED) is 0.829. The number of piperidine rings is 1. The van der Waals surface area contributed by atoms with Gasteiger partial charge in [-0.2, -0.15) is 0 Å². The first-order valence-electron chi connectivity index (χ1n) is 7.05. The van der Waals surface area contributed by atoms with E-state index in [-0.39, 0.29) is 5.78 Å². The standard InChI is InChI=1S/C16H20N2O/c1-11-2-3-15-13(8-11)14(10-18-15)16(19)9-12-4-6-17-7-5-12/h2-3,8,10,12,17-18H,4-7,9H2,1H3. The molecule has 0 radical (unpaired) electrons. The maximum atomic E-state index is 12.5. The van der Waals surface area contributed by atoms with Crippen LogP contribution in [0, 0.1) is 12.8 Å². The van der Waals surface area contributed by atoms with Crippen molar-refractivity contribution in [2.45, 2.75) is 26.2 Å². The molecule has 1 saturated heterocycles. The van der Waals surface area contributed by atoms with Gasteiger partial charge in [-0.15, -0.1) is 0 Å². The second kappa shape index (κ2) is 5.17. The Kier molecular flexibility index (Phi) is 3.38. The van der Waals surface area contributed by atoms with Crippen molar-refractivity contribution in [3.8, 4) is 0 Å². The molecule has 1 aliphatic rings. The van der Waals surface area contributed by atoms with Gasteiger partial charge in [0, 0.05) is 29.1 Å². The van der Waals surface area contributed by atoms with E-state index in [4.69, 9.17) is 0 Å². The van der Waals surface area contributed by atoms with Crippen molar-refractivity contribution >= 4 is 16.7 Å². The van der Waals surface area contributed by atoms with Crippen LogP contribution in [0.25, 0.3) is 10.9 Å². The zero-order valence-corrected chi connectivity index (χ0v) is 11.3. The predicted molar refractivity (Wildman–Crippen MR) is 77.6 cm³/mol. The molecule has 3 rings (SSSR count). The van der Waals surface area contributed by atoms with Crippen LogP contribution in [-0.4, -0.2) is 23.9 Å². The van der Waals surface area contributed by atoms with Gasteiger partial charge in [-0.3, -0.25) is 4.79 Å². The van der Waals surface area contributed by atoms with E-state index in [1.54, 1.807) is 0 Å². The summed E-state index contributed by atoms with van der Waals surface area (Å²) in [4.78, 5) is 15.7. The van der Waals surface area contributed by atoms with E-state index < -0.39 is 0 Å². The van der Waals surface area contributed by atoms with Crippen LogP contribution in [0.3, 0.4) is 0 Å². The molecule has 2 N–H and O–H groups in total. The van der Waals surface area contributed by atoms with Gasteiger partial charge in [0.2, 0.25) is 0 Å². The Morgan fingerprint density at radius 3 is 2.89 bits per heavy atom. The number of hydrogen-bond acceptors (Lipinski definition) is 2. The van der Waals surface area contributed by atoms with Gasteiger partial charge >= 0.3 is 0 Å². The van der Waals surface area contributed by atoms with Crippen molar-refractivity contribution in [1.29, 1.82) is 0 Å². The van der Waals surface area contributed by atoms with Gasteiger partial charge in [-0.25, -0.2) is 0 Å². The maximum absolute atomic E-state index is 12.5. The van der Waals surface area contributed by atoms with E-state index in [9.17, 15) is 4.79 Å². The van der Waals surface area contributed by atoms with Crippen LogP contribution < -0.4 is 5.32 Å². The molecular formula is C16H20N2O. The number of nitrogens with one attached hydrogen (secondary N) is 2. The van der Waals surface area contributed by atoms with Crippen LogP contribution in [0.4, 0.5) is 0 Å². The number of aromatic nitrogens is 1. The Labute approximate surface area is 113 Å². The molecule has 3 nitrogen and oxygen atoms in total. The van der Waals surface area contributed by atoms with Crippen molar-refractivity contribution < 1.29 is 4.79 Å². The second-order valence-electron chi connectivity index (χ2n) is 5.57. The topological polar surface area (TPSA) is 44.9 Å². The van der Waals surface area contributed by atoms with Crippen molar-refractivity contribution in [3.63, 3.8) is 0 Å². The fourth-order valence-electron chi connectivity index (χ4n) is 2.92. The molecule has 0 aliphatic carbocycles. The minimum Gasteiger partial charge on any atom is -0.360 e. The first-order valence-corrected chi connectivity index (χ1v) is 7.05. The number of carbonyl (C=O) groups excluding carboxylic acids is 1. The molecule has 0 saturated carbocycles. The van der Waals surface area contributed by atoms with Gasteiger partial charge < -0.3 is 10.3 Å². The molecule has 0 unspecified atom stereocenters. The molecule has 0 amide bonds. The van der Waals surface area contributed by atoms with Crippen LogP contribution in [0.1, 0.15) is 35.2 Å². The lowest BCUT2D eigenvalue weighted by Gasteiger charge is -2.21. The summed E-state index contributed by atoms with van der Waals surface area (Å²) in [5.41, 5.74) is 3.11. The summed E-state index contributed by atoms with van der Waals surface area (Å²) in [6.07, 6.45) is 4.79. The zero-order chi connectivity index (χ0) is 13.2. The van der Waals surface area contributed by atoms with E-state index in [1.165, 1.54) is 5.56 Å². The molecule has 1 aromatic heterocycles. The lowest BCUT2D eigenvalue weighted by Crippen LogP contribution is -2.28. The molecule has 1 aromatic carbocycles. The number of benzene rings is 1. The van der Waals surface area contributed by atoms with E-state index >= 15 is 0 Å². The van der Waals surface area contributed by atoms with Gasteiger partial charge in [0.1, 0.15) is 0 Å². The summed E-state index contributed by atoms with van der Waals surface area (Å²) in [5.74, 6) is 0.826. The lowest BCUT2D eigenvalue weighted by atomic mass is 9.90. The summed E-state index contributed by atoms with van der Waals surface area (Å²) >= 11 is 0. The van der Waals surface area contributed by atoms with Crippen LogP contribution in [0.5, 0.6) is 0 Å². The van der Waals surface area contributed by atoms with E-state index in [1.807, 2.05) is 12.3 Å². The molecule has 1 fully saturated rings. The third kappa shape index (κ3) is 2.56. The highest BCUT2D eigenvalue weighted by Crippen LogP contribution is 2.24. The number of carbonyl (C=O) groups is 1. The van der Waals surface area contributed by atoms with Gasteiger partial charge in [0.25, 0.3) is 0 Å². The van der Waals surface area contributed by atoms with Crippen molar-refractivity contribution in [3.05, 3.63) is 35.5 Å². The second-order valence-corrected chi connectivity index (χ2v) is 5.57. The Bertz CT molecular complexity index is 594. The molecule has 0 atom stereocenters. The molecule has 0 spiro atoms. The fourth-order valence-corrected chi connectivity index (χ4v) is 2.92. The highest BCUT2D eigenvalue weighted by Gasteiger charge is 2.19. The van der Waals surface area contributed by atoms with Crippen LogP contribution in [0.15, 0.2) is 24.4 Å². The number of rotatable bonds is 3. The molecule has 1 aliphatic heterocycles. The van der Waals surface area contributed by atoms with E-state index in [0.717, 1.165) is 42.4 Å². The average molecular weight is 256 g/mol. The van der Waals surface area contributed by atoms with E-state index in [0.29, 0.717) is 12.3 Å². The van der Waals surface area contributed by atoms with Crippen molar-refractivity contribution in [1.82, 2.24) is 10.3 Å². The smallest absolute Gasteiger partial charge is 0.165 e. The number of hydrogen-bond donors (Lipinski definition) is 2. The fraction of sp³-hybridized carbons (Fsp3) is 0.438. The largest absolute Gasteiger partial charge is 0.360 e. The van der Waals surface area contributed by atoms with Gasteiger partial charge in [-0.05, 0) is 50.9 Å². The normalized spacial score (nSPS) is 16.9. The Morgan fingerprint density at radius 2 is 2.11 bits per heavy atom. The summed E-state index contributed by atoms with van der Waals surface area (Å²) in [5, 5.41) is 4.41. The first-order chi connectivity index (χ1) is 9.24. The van der Waals surface area contributed by atoms with Gasteiger partial charge in [0.05, 0.1) is 0 Å². The monoisotopic (exact) mass is 256 g/mol. The summed E-state index contributed by atoms with van der Waals surface area (Å²) in [6.45, 7) is 4.16. The Balaban J connectivity index is 1.82. The maximum Gasteiger partial charge on any atom is 0.165 e. The van der Waals surface area contributed by atoms with Crippen molar-refractivity contribution in [2.75, 3.05) is 13.1 Å². The molecule has 2 heterocycles. The Morgan fingerprint density at radius 1 is 1.32 bits per heavy atom. The van der Waals surface area contributed by atoms with Crippen LogP contribution in [-0.2, 0) is 0 Å². The number of Topliss-reactive ketones (excluding diaryl/α,β-unsaturated/α-hetero) is 1. The molecule has 2 aromatic rings. The number of aromatic amines is 1. The van der Waals surface area contributed by atoms with Crippen LogP contribution >= 0.6 is 0 Å². The number of fused-ring (bicyclic) bond motifs is 1. The van der Waals surface area contributed by atoms with E-state index in [2.05, 4.69) is 29.4 Å². The first kappa shape index (κ1) is 12.4. The SMILES string of the molecule is Cc1ccc2[nH]cc(C(=O)CC3CCNCC3)c2c1. The molecular weight excluding hydrogens is 236 g/mol. The number of H-pyrrole nitrogens is 1. The van der Waals surface area contributed by atoms with Crippen molar-refractivity contribution in [2.24, 2.45) is 5.92 Å². The highest BCUT2D eigenvalue weighted by atomic mass is 16.1. The predicted octanol–water partition coefficient (Wildman–Crippen LogP) is 3.05. The summed E-state index contributed by atoms with van der Waals surface area (Å²) in [6, 6.07) is 6.22. The third-order valence-electron chi connectivity index (χ3n) is 4.07. The molecule has 100 valence electrons. The minimum absolute atomic E-state index is 0.281. The average Bonchev–Trinajstić information content (AvgIpc) is 2.82. The third-order valence-corrected chi connectivity index (χ3v) is 4.07. The molecule has 0 bridgehead atoms. The summed E-state index contributed by atoms with van der Waals surface area (Å²) in [7, 11) is 0. The highest BCUT2D eigenvalue weighted by molar-refractivity contribution is 6.08. The number of aryl methyl sites for hydroxylation is 1.